The molecule has 0 saturated carbocycles. The smallest absolute Gasteiger partial charge is 0.231 e. The molecule has 6 heteroatoms. The van der Waals surface area contributed by atoms with Crippen molar-refractivity contribution in [3.8, 4) is 34.8 Å². The highest BCUT2D eigenvalue weighted by Crippen LogP contribution is 2.40. The molecular formula is C54H50O4Si2. The van der Waals surface area contributed by atoms with E-state index in [2.05, 4.69) is 74.3 Å². The van der Waals surface area contributed by atoms with Gasteiger partial charge in [0.05, 0.1) is 0 Å². The summed E-state index contributed by atoms with van der Waals surface area (Å²) in [6.07, 6.45) is 9.46. The number of rotatable bonds is 17. The molecule has 6 rings (SSSR count). The average Bonchev–Trinajstić information content (AvgIpc) is 3.28. The van der Waals surface area contributed by atoms with Crippen molar-refractivity contribution in [1.29, 1.82) is 0 Å². The Balaban J connectivity index is 1.43. The molecule has 6 aromatic carbocycles. The van der Waals surface area contributed by atoms with Crippen molar-refractivity contribution in [1.82, 2.24) is 0 Å². The number of hydrogen-bond donors (Lipinski definition) is 0. The Morgan fingerprint density at radius 2 is 0.817 bits per heavy atom. The monoisotopic (exact) mass is 818 g/mol. The summed E-state index contributed by atoms with van der Waals surface area (Å²) in [5.41, 5.74) is 5.40. The highest BCUT2D eigenvalue weighted by molar-refractivity contribution is 6.87. The summed E-state index contributed by atoms with van der Waals surface area (Å²) in [7, 11) is -4.60. The van der Waals surface area contributed by atoms with Crippen LogP contribution in [0.5, 0.6) is 0 Å². The Labute approximate surface area is 357 Å². The first kappa shape index (κ1) is 43.2. The minimum absolute atomic E-state index is 0.446. The molecular weight excluding hydrogens is 769 g/mol. The Morgan fingerprint density at radius 1 is 0.483 bits per heavy atom. The third-order valence-corrected chi connectivity index (χ3v) is 19.1. The summed E-state index contributed by atoms with van der Waals surface area (Å²) < 4.78 is 12.8. The maximum Gasteiger partial charge on any atom is 0.231 e. The van der Waals surface area contributed by atoms with Gasteiger partial charge in [0.25, 0.3) is 0 Å². The van der Waals surface area contributed by atoms with Crippen LogP contribution in [0.1, 0.15) is 56.8 Å². The zero-order valence-electron chi connectivity index (χ0n) is 34.6. The fourth-order valence-corrected chi connectivity index (χ4v) is 14.9. The predicted octanol–water partition coefficient (Wildman–Crippen LogP) is 11.2. The molecule has 6 aromatic rings. The molecule has 0 saturated heterocycles. The van der Waals surface area contributed by atoms with Gasteiger partial charge in [-0.2, -0.15) is 0 Å². The molecule has 0 radical (unpaired) electrons. The molecule has 0 aliphatic rings. The third-order valence-electron chi connectivity index (χ3n) is 10.9. The summed E-state index contributed by atoms with van der Waals surface area (Å²) >= 11 is 0. The normalized spacial score (nSPS) is 11.2. The summed E-state index contributed by atoms with van der Waals surface area (Å²) in [5.74, 6) is 13.4. The zero-order valence-corrected chi connectivity index (χ0v) is 36.6. The van der Waals surface area contributed by atoms with Crippen LogP contribution in [0.25, 0.3) is 32.7 Å². The summed E-state index contributed by atoms with van der Waals surface area (Å²) in [5, 5.41) is 5.77. The predicted molar refractivity (Wildman–Crippen MR) is 257 cm³/mol. The molecule has 0 heterocycles. The van der Waals surface area contributed by atoms with E-state index < -0.39 is 16.6 Å². The van der Waals surface area contributed by atoms with Crippen LogP contribution in [0, 0.1) is 23.7 Å². The largest absolute Gasteiger partial charge is 0.412 e. The molecule has 0 fully saturated rings. The number of aldehydes is 2. The maximum atomic E-state index is 13.0. The quantitative estimate of drug-likeness (QED) is 0.0398. The van der Waals surface area contributed by atoms with E-state index in [0.717, 1.165) is 80.5 Å². The summed E-state index contributed by atoms with van der Waals surface area (Å²) in [6, 6.07) is 39.2. The lowest BCUT2D eigenvalue weighted by Crippen LogP contribution is -2.50. The number of hydrogen-bond acceptors (Lipinski definition) is 4. The van der Waals surface area contributed by atoms with Crippen molar-refractivity contribution in [2.75, 3.05) is 13.2 Å². The second-order valence-corrected chi connectivity index (χ2v) is 21.9. The molecule has 60 heavy (non-hydrogen) atoms. The van der Waals surface area contributed by atoms with Gasteiger partial charge in [0.2, 0.25) is 16.6 Å². The Morgan fingerprint density at radius 3 is 1.12 bits per heavy atom. The van der Waals surface area contributed by atoms with Crippen molar-refractivity contribution in [2.24, 2.45) is 0 Å². The van der Waals surface area contributed by atoms with Crippen molar-refractivity contribution < 1.29 is 18.4 Å². The molecule has 0 spiro atoms. The van der Waals surface area contributed by atoms with Crippen molar-refractivity contribution in [2.45, 2.75) is 38.0 Å². The molecule has 0 atom stereocenters. The molecule has 0 unspecified atom stereocenters. The first-order valence-electron chi connectivity index (χ1n) is 20.3. The molecule has 4 nitrogen and oxygen atoms in total. The van der Waals surface area contributed by atoms with Gasteiger partial charge < -0.3 is 8.85 Å². The van der Waals surface area contributed by atoms with E-state index in [1.165, 1.54) is 10.4 Å². The van der Waals surface area contributed by atoms with E-state index >= 15 is 0 Å². The Bertz CT molecular complexity index is 2500. The zero-order chi connectivity index (χ0) is 42.5. The van der Waals surface area contributed by atoms with Crippen LogP contribution in [0.15, 0.2) is 160 Å². The molecule has 0 amide bonds. The fourth-order valence-electron chi connectivity index (χ4n) is 8.26. The van der Waals surface area contributed by atoms with Crippen LogP contribution in [0.3, 0.4) is 0 Å². The van der Waals surface area contributed by atoms with Crippen LogP contribution in [0.2, 0.25) is 24.2 Å². The van der Waals surface area contributed by atoms with Gasteiger partial charge in [0, 0.05) is 57.7 Å². The second kappa shape index (κ2) is 20.0. The molecule has 0 aliphatic carbocycles. The molecule has 0 bridgehead atoms. The van der Waals surface area contributed by atoms with Gasteiger partial charge in [-0.25, -0.2) is 0 Å². The van der Waals surface area contributed by atoms with Crippen LogP contribution in [-0.4, -0.2) is 42.4 Å². The summed E-state index contributed by atoms with van der Waals surface area (Å²) in [4.78, 5) is 26.0. The van der Waals surface area contributed by atoms with Gasteiger partial charge in [-0.3, -0.25) is 9.59 Å². The first-order chi connectivity index (χ1) is 29.3. The lowest BCUT2D eigenvalue weighted by Gasteiger charge is -2.29. The minimum atomic E-state index is -2.30. The van der Waals surface area contributed by atoms with Crippen LogP contribution < -0.4 is 10.4 Å². The number of carbonyl (C=O) groups is 2. The number of benzene rings is 6. The molecule has 0 N–H and O–H groups in total. The fraction of sp³-hybridized carbons (Fsp3) is 0.148. The van der Waals surface area contributed by atoms with E-state index in [9.17, 15) is 9.59 Å². The standard InChI is InChI=1S/C54H50O4Si2/c1-7-33-59(34-8-2,57-11-5)47-29-23-41(24-30-47)21-27-43-37-45(39-55)53(51-19-15-13-17-49(43)51)54-46(40-56)38-44(50-18-14-16-20-52(50)54)28-22-42-25-31-48(32-26-42)60(35-9-3,36-10-4)58-12-6/h7-10,13-20,23-26,29-32,37-40H,1-4,11-12,33-36H2,5-6H3. The number of allylic oxidation sites excluding steroid dienone is 4. The number of carbonyl (C=O) groups excluding carboxylic acids is 2. The van der Waals surface area contributed by atoms with Gasteiger partial charge in [-0.05, 0) is 106 Å². The first-order valence-corrected chi connectivity index (χ1v) is 25.0. The maximum absolute atomic E-state index is 13.0. The summed E-state index contributed by atoms with van der Waals surface area (Å²) in [6.45, 7) is 21.3. The van der Waals surface area contributed by atoms with Crippen molar-refractivity contribution >= 4 is 61.1 Å². The van der Waals surface area contributed by atoms with Crippen LogP contribution in [0.4, 0.5) is 0 Å². The molecule has 0 aromatic heterocycles. The Kier molecular flexibility index (Phi) is 14.4. The Hall–Kier alpha value is -6.39. The highest BCUT2D eigenvalue weighted by Gasteiger charge is 2.35. The van der Waals surface area contributed by atoms with Crippen molar-refractivity contribution in [3.63, 3.8) is 0 Å². The van der Waals surface area contributed by atoms with Gasteiger partial charge in [-0.1, -0.05) is 121 Å². The van der Waals surface area contributed by atoms with Crippen LogP contribution >= 0.6 is 0 Å². The van der Waals surface area contributed by atoms with E-state index in [1.54, 1.807) is 0 Å². The minimum Gasteiger partial charge on any atom is -0.412 e. The molecule has 0 aliphatic heterocycles. The van der Waals surface area contributed by atoms with Gasteiger partial charge in [0.15, 0.2) is 12.6 Å². The highest BCUT2D eigenvalue weighted by atomic mass is 28.4. The van der Waals surface area contributed by atoms with E-state index in [4.69, 9.17) is 8.85 Å². The van der Waals surface area contributed by atoms with E-state index in [1.807, 2.05) is 123 Å². The van der Waals surface area contributed by atoms with Crippen LogP contribution in [-0.2, 0) is 8.85 Å². The van der Waals surface area contributed by atoms with Gasteiger partial charge in [-0.15, -0.1) is 26.3 Å². The molecule has 298 valence electrons. The SMILES string of the molecule is C=CC[Si](CC=C)(OCC)c1ccc(C#Cc2cc(C=O)c(-c3c(C=O)cc(C#Cc4ccc([Si](CC=C)(CC=C)OCC)cc4)c4ccccc34)c3ccccc23)cc1. The number of fused-ring (bicyclic) bond motifs is 2. The average molecular weight is 819 g/mol. The lowest BCUT2D eigenvalue weighted by molar-refractivity contribution is 0.111. The van der Waals surface area contributed by atoms with E-state index in [0.29, 0.717) is 35.5 Å². The lowest BCUT2D eigenvalue weighted by atomic mass is 9.85. The van der Waals surface area contributed by atoms with E-state index in [-0.39, 0.29) is 0 Å². The topological polar surface area (TPSA) is 52.6 Å². The van der Waals surface area contributed by atoms with Gasteiger partial charge >= 0.3 is 0 Å². The van der Waals surface area contributed by atoms with Gasteiger partial charge in [0.1, 0.15) is 0 Å². The third kappa shape index (κ3) is 8.94. The van der Waals surface area contributed by atoms with Crippen molar-refractivity contribution in [3.05, 3.63) is 193 Å². The second-order valence-electron chi connectivity index (χ2n) is 14.6.